The first kappa shape index (κ1) is 14.7. The van der Waals surface area contributed by atoms with Crippen LogP contribution in [-0.4, -0.2) is 18.2 Å². The van der Waals surface area contributed by atoms with Crippen LogP contribution in [0.5, 0.6) is 0 Å². The van der Waals surface area contributed by atoms with Crippen molar-refractivity contribution in [2.24, 2.45) is 11.8 Å². The molecule has 0 unspecified atom stereocenters. The van der Waals surface area contributed by atoms with Gasteiger partial charge in [-0.3, -0.25) is 9.59 Å². The normalized spacial score (nSPS) is 19.6. The van der Waals surface area contributed by atoms with E-state index in [0.29, 0.717) is 18.7 Å². The molecule has 1 aliphatic heterocycles. The van der Waals surface area contributed by atoms with Crippen LogP contribution in [0.4, 0.5) is 10.1 Å². The van der Waals surface area contributed by atoms with Gasteiger partial charge in [0.15, 0.2) is 0 Å². The van der Waals surface area contributed by atoms with Gasteiger partial charge in [-0.2, -0.15) is 0 Å². The van der Waals surface area contributed by atoms with Crippen molar-refractivity contribution in [2.75, 3.05) is 11.4 Å². The van der Waals surface area contributed by atoms with E-state index >= 15 is 0 Å². The largest absolute Gasteiger partial charge is 0.309 e. The molecule has 1 saturated heterocycles. The van der Waals surface area contributed by atoms with Gasteiger partial charge in [-0.05, 0) is 31.4 Å². The molecule has 1 atom stereocenters. The van der Waals surface area contributed by atoms with E-state index in [-0.39, 0.29) is 17.6 Å². The number of rotatable bonds is 3. The van der Waals surface area contributed by atoms with E-state index in [1.165, 1.54) is 11.0 Å². The quantitative estimate of drug-likeness (QED) is 0.796. The highest BCUT2D eigenvalue weighted by molar-refractivity contribution is 6.09. The lowest BCUT2D eigenvalue weighted by atomic mass is 9.87. The molecule has 0 N–H and O–H groups in total. The lowest BCUT2D eigenvalue weighted by molar-refractivity contribution is -0.135. The third-order valence-corrected chi connectivity index (χ3v) is 3.81. The topological polar surface area (TPSA) is 37.4 Å². The number of halogens is 1. The molecule has 108 valence electrons. The van der Waals surface area contributed by atoms with Gasteiger partial charge in [0.25, 0.3) is 0 Å². The molecule has 3 nitrogen and oxygen atoms in total. The van der Waals surface area contributed by atoms with Gasteiger partial charge < -0.3 is 4.90 Å². The van der Waals surface area contributed by atoms with E-state index in [2.05, 4.69) is 0 Å². The third kappa shape index (κ3) is 2.60. The Kier molecular flexibility index (Phi) is 4.21. The third-order valence-electron chi connectivity index (χ3n) is 3.81. The van der Waals surface area contributed by atoms with Crippen molar-refractivity contribution in [1.82, 2.24) is 0 Å². The molecule has 0 aromatic heterocycles. The first-order valence-electron chi connectivity index (χ1n) is 7.03. The zero-order chi connectivity index (χ0) is 14.9. The van der Waals surface area contributed by atoms with Crippen molar-refractivity contribution in [1.29, 1.82) is 0 Å². The molecule has 0 saturated carbocycles. The molecule has 4 heteroatoms. The standard InChI is InChI=1S/C16H20FNO2/c1-10(2)15(19)12-7-5-9-18(16(12)20)14-11(3)6-4-8-13(14)17/h4,6,8,10,12H,5,7,9H2,1-3H3/t12-/m1/s1. The number of aryl methyl sites for hydroxylation is 1. The number of carbonyl (C=O) groups excluding carboxylic acids is 2. The van der Waals surface area contributed by atoms with Gasteiger partial charge in [-0.1, -0.05) is 26.0 Å². The Labute approximate surface area is 118 Å². The molecule has 1 amide bonds. The van der Waals surface area contributed by atoms with E-state index in [1.54, 1.807) is 32.9 Å². The summed E-state index contributed by atoms with van der Waals surface area (Å²) >= 11 is 0. The molecular formula is C16H20FNO2. The summed E-state index contributed by atoms with van der Waals surface area (Å²) in [6.45, 7) is 5.84. The van der Waals surface area contributed by atoms with E-state index < -0.39 is 11.7 Å². The minimum atomic E-state index is -0.622. The Morgan fingerprint density at radius 1 is 1.40 bits per heavy atom. The van der Waals surface area contributed by atoms with Crippen LogP contribution in [0.2, 0.25) is 0 Å². The Morgan fingerprint density at radius 3 is 2.70 bits per heavy atom. The first-order chi connectivity index (χ1) is 9.43. The predicted octanol–water partition coefficient (Wildman–Crippen LogP) is 3.10. The maximum Gasteiger partial charge on any atom is 0.237 e. The number of amides is 1. The summed E-state index contributed by atoms with van der Waals surface area (Å²) < 4.78 is 14.0. The zero-order valence-electron chi connectivity index (χ0n) is 12.1. The minimum Gasteiger partial charge on any atom is -0.309 e. The monoisotopic (exact) mass is 277 g/mol. The van der Waals surface area contributed by atoms with Gasteiger partial charge in [0.1, 0.15) is 11.6 Å². The number of anilines is 1. The first-order valence-corrected chi connectivity index (χ1v) is 7.03. The maximum absolute atomic E-state index is 14.0. The van der Waals surface area contributed by atoms with Crippen molar-refractivity contribution >= 4 is 17.4 Å². The van der Waals surface area contributed by atoms with Crippen molar-refractivity contribution in [3.63, 3.8) is 0 Å². The Morgan fingerprint density at radius 2 is 2.10 bits per heavy atom. The number of ketones is 1. The van der Waals surface area contributed by atoms with E-state index in [9.17, 15) is 14.0 Å². The number of carbonyl (C=O) groups is 2. The zero-order valence-corrected chi connectivity index (χ0v) is 12.1. The summed E-state index contributed by atoms with van der Waals surface area (Å²) in [5.41, 5.74) is 1.04. The van der Waals surface area contributed by atoms with Crippen LogP contribution in [0.1, 0.15) is 32.3 Å². The van der Waals surface area contributed by atoms with E-state index in [0.717, 1.165) is 12.0 Å². The predicted molar refractivity (Wildman–Crippen MR) is 76.1 cm³/mol. The van der Waals surface area contributed by atoms with Gasteiger partial charge in [0, 0.05) is 12.5 Å². The summed E-state index contributed by atoms with van der Waals surface area (Å²) in [5, 5.41) is 0. The highest BCUT2D eigenvalue weighted by Crippen LogP contribution is 2.30. The molecule has 1 aliphatic rings. The van der Waals surface area contributed by atoms with Crippen LogP contribution in [0, 0.1) is 24.6 Å². The highest BCUT2D eigenvalue weighted by Gasteiger charge is 2.36. The van der Waals surface area contributed by atoms with Crippen molar-refractivity contribution in [3.05, 3.63) is 29.6 Å². The number of Topliss-reactive ketones (excluding diaryl/α,β-unsaturated/α-hetero) is 1. The van der Waals surface area contributed by atoms with Crippen LogP contribution in [0.25, 0.3) is 0 Å². The van der Waals surface area contributed by atoms with Gasteiger partial charge in [0.2, 0.25) is 5.91 Å². The molecule has 0 radical (unpaired) electrons. The second-order valence-corrected chi connectivity index (χ2v) is 5.65. The molecule has 1 aromatic carbocycles. The fourth-order valence-corrected chi connectivity index (χ4v) is 2.73. The second-order valence-electron chi connectivity index (χ2n) is 5.65. The van der Waals surface area contributed by atoms with Crippen molar-refractivity contribution < 1.29 is 14.0 Å². The van der Waals surface area contributed by atoms with Gasteiger partial charge in [-0.15, -0.1) is 0 Å². The molecule has 0 bridgehead atoms. The average Bonchev–Trinajstić information content (AvgIpc) is 2.39. The fourth-order valence-electron chi connectivity index (χ4n) is 2.73. The average molecular weight is 277 g/mol. The molecule has 1 aromatic rings. The number of para-hydroxylation sites is 1. The van der Waals surface area contributed by atoms with Crippen LogP contribution in [-0.2, 0) is 9.59 Å². The summed E-state index contributed by atoms with van der Waals surface area (Å²) in [6.07, 6.45) is 1.29. The SMILES string of the molecule is Cc1cccc(F)c1N1CCC[C@H](C(=O)C(C)C)C1=O. The molecule has 20 heavy (non-hydrogen) atoms. The summed E-state index contributed by atoms with van der Waals surface area (Å²) in [4.78, 5) is 26.1. The molecule has 2 rings (SSSR count). The lowest BCUT2D eigenvalue weighted by Crippen LogP contribution is -2.46. The van der Waals surface area contributed by atoms with Crippen molar-refractivity contribution in [2.45, 2.75) is 33.6 Å². The van der Waals surface area contributed by atoms with Gasteiger partial charge >= 0.3 is 0 Å². The fraction of sp³-hybridized carbons (Fsp3) is 0.500. The molecule has 0 aliphatic carbocycles. The molecule has 1 fully saturated rings. The number of piperidine rings is 1. The second kappa shape index (κ2) is 5.73. The van der Waals surface area contributed by atoms with Gasteiger partial charge in [-0.25, -0.2) is 4.39 Å². The molecule has 0 spiro atoms. The molecule has 1 heterocycles. The highest BCUT2D eigenvalue weighted by atomic mass is 19.1. The van der Waals surface area contributed by atoms with Crippen molar-refractivity contribution in [3.8, 4) is 0 Å². The minimum absolute atomic E-state index is 0.0475. The van der Waals surface area contributed by atoms with Crippen LogP contribution in [0.15, 0.2) is 18.2 Å². The van der Waals surface area contributed by atoms with Crippen LogP contribution >= 0.6 is 0 Å². The lowest BCUT2D eigenvalue weighted by Gasteiger charge is -2.33. The Balaban J connectivity index is 2.34. The number of hydrogen-bond donors (Lipinski definition) is 0. The Hall–Kier alpha value is -1.71. The molecular weight excluding hydrogens is 257 g/mol. The number of benzene rings is 1. The Bertz CT molecular complexity index is 519. The smallest absolute Gasteiger partial charge is 0.237 e. The number of nitrogens with zero attached hydrogens (tertiary/aromatic N) is 1. The summed E-state index contributed by atoms with van der Waals surface area (Å²) in [7, 11) is 0. The maximum atomic E-state index is 14.0. The van der Waals surface area contributed by atoms with Crippen LogP contribution < -0.4 is 4.90 Å². The van der Waals surface area contributed by atoms with E-state index in [1.807, 2.05) is 0 Å². The van der Waals surface area contributed by atoms with Crippen LogP contribution in [0.3, 0.4) is 0 Å². The summed E-state index contributed by atoms with van der Waals surface area (Å²) in [5.74, 6) is -1.51. The number of hydrogen-bond acceptors (Lipinski definition) is 2. The van der Waals surface area contributed by atoms with Gasteiger partial charge in [0.05, 0.1) is 11.6 Å². The summed E-state index contributed by atoms with van der Waals surface area (Å²) in [6, 6.07) is 4.75. The van der Waals surface area contributed by atoms with E-state index in [4.69, 9.17) is 0 Å².